The first-order valence-corrected chi connectivity index (χ1v) is 7.27. The van der Waals surface area contributed by atoms with E-state index in [0.29, 0.717) is 6.04 Å². The average Bonchev–Trinajstić information content (AvgIpc) is 2.59. The predicted octanol–water partition coefficient (Wildman–Crippen LogP) is 2.39. The topological polar surface area (TPSA) is 15.3 Å². The van der Waals surface area contributed by atoms with Gasteiger partial charge in [-0.25, -0.2) is 0 Å². The zero-order valence-electron chi connectivity index (χ0n) is 11.3. The van der Waals surface area contributed by atoms with Gasteiger partial charge in [0.25, 0.3) is 0 Å². The molecule has 96 valence electrons. The zero-order valence-corrected chi connectivity index (χ0v) is 11.3. The molecule has 3 unspecified atom stereocenters. The molecule has 2 aliphatic rings. The summed E-state index contributed by atoms with van der Waals surface area (Å²) in [5.41, 5.74) is 0. The number of terminal acetylenes is 1. The van der Waals surface area contributed by atoms with Gasteiger partial charge in [0.1, 0.15) is 0 Å². The van der Waals surface area contributed by atoms with Gasteiger partial charge in [0.05, 0.1) is 6.04 Å². The summed E-state index contributed by atoms with van der Waals surface area (Å²) in [6.07, 6.45) is 13.4. The first-order valence-electron chi connectivity index (χ1n) is 7.27. The van der Waals surface area contributed by atoms with Crippen LogP contribution in [0.15, 0.2) is 0 Å². The SMILES string of the molecule is C#CC(CCC)N1C2CCC1CC(NCC)C2. The molecule has 2 saturated heterocycles. The van der Waals surface area contributed by atoms with Crippen molar-refractivity contribution in [2.45, 2.75) is 76.5 Å². The summed E-state index contributed by atoms with van der Waals surface area (Å²) in [6.45, 7) is 5.53. The number of hydrogen-bond donors (Lipinski definition) is 1. The van der Waals surface area contributed by atoms with Crippen molar-refractivity contribution in [1.82, 2.24) is 10.2 Å². The summed E-state index contributed by atoms with van der Waals surface area (Å²) in [5.74, 6) is 3.03. The maximum absolute atomic E-state index is 5.73. The van der Waals surface area contributed by atoms with E-state index in [9.17, 15) is 0 Å². The second-order valence-corrected chi connectivity index (χ2v) is 5.53. The number of fused-ring (bicyclic) bond motifs is 2. The molecule has 0 saturated carbocycles. The lowest BCUT2D eigenvalue weighted by Crippen LogP contribution is -2.52. The van der Waals surface area contributed by atoms with Crippen LogP contribution in [0.2, 0.25) is 0 Å². The van der Waals surface area contributed by atoms with Gasteiger partial charge in [0.15, 0.2) is 0 Å². The second kappa shape index (κ2) is 5.89. The molecule has 0 aromatic heterocycles. The molecule has 2 bridgehead atoms. The molecule has 0 spiro atoms. The van der Waals surface area contributed by atoms with Crippen LogP contribution in [-0.2, 0) is 0 Å². The van der Waals surface area contributed by atoms with Crippen LogP contribution >= 0.6 is 0 Å². The highest BCUT2D eigenvalue weighted by atomic mass is 15.3. The van der Waals surface area contributed by atoms with Gasteiger partial charge >= 0.3 is 0 Å². The third kappa shape index (κ3) is 2.67. The summed E-state index contributed by atoms with van der Waals surface area (Å²) < 4.78 is 0. The summed E-state index contributed by atoms with van der Waals surface area (Å²) in [7, 11) is 0. The van der Waals surface area contributed by atoms with Crippen molar-refractivity contribution in [3.63, 3.8) is 0 Å². The third-order valence-corrected chi connectivity index (χ3v) is 4.40. The Hall–Kier alpha value is -0.520. The second-order valence-electron chi connectivity index (χ2n) is 5.53. The molecule has 0 aromatic carbocycles. The van der Waals surface area contributed by atoms with Crippen LogP contribution in [0.4, 0.5) is 0 Å². The lowest BCUT2D eigenvalue weighted by molar-refractivity contribution is 0.0894. The van der Waals surface area contributed by atoms with Crippen LogP contribution < -0.4 is 5.32 Å². The third-order valence-electron chi connectivity index (χ3n) is 4.40. The van der Waals surface area contributed by atoms with Crippen LogP contribution in [0.3, 0.4) is 0 Å². The van der Waals surface area contributed by atoms with Gasteiger partial charge in [-0.05, 0) is 38.6 Å². The van der Waals surface area contributed by atoms with E-state index in [1.54, 1.807) is 0 Å². The van der Waals surface area contributed by atoms with Gasteiger partial charge in [-0.3, -0.25) is 4.90 Å². The fraction of sp³-hybridized carbons (Fsp3) is 0.867. The van der Waals surface area contributed by atoms with Gasteiger partial charge in [-0.1, -0.05) is 26.2 Å². The van der Waals surface area contributed by atoms with Gasteiger partial charge in [-0.15, -0.1) is 6.42 Å². The lowest BCUT2D eigenvalue weighted by atomic mass is 9.94. The fourth-order valence-corrected chi connectivity index (χ4v) is 3.77. The van der Waals surface area contributed by atoms with Crippen molar-refractivity contribution in [3.8, 4) is 12.3 Å². The molecule has 0 aromatic rings. The minimum atomic E-state index is 0.389. The molecule has 2 fully saturated rings. The van der Waals surface area contributed by atoms with Crippen LogP contribution in [0, 0.1) is 12.3 Å². The minimum Gasteiger partial charge on any atom is -0.314 e. The Morgan fingerprint density at radius 3 is 2.41 bits per heavy atom. The normalized spacial score (nSPS) is 34.5. The Balaban J connectivity index is 2.00. The van der Waals surface area contributed by atoms with Crippen LogP contribution in [0.5, 0.6) is 0 Å². The first-order chi connectivity index (χ1) is 8.30. The van der Waals surface area contributed by atoms with Crippen molar-refractivity contribution in [2.24, 2.45) is 0 Å². The molecule has 0 aliphatic carbocycles. The van der Waals surface area contributed by atoms with Gasteiger partial charge < -0.3 is 5.32 Å². The standard InChI is InChI=1S/C15H26N2/c1-4-7-13(5-2)17-14-8-9-15(17)11-12(10-14)16-6-3/h2,12-16H,4,6-11H2,1,3H3. The molecule has 2 aliphatic heterocycles. The summed E-state index contributed by atoms with van der Waals surface area (Å²) in [6, 6.07) is 2.60. The maximum atomic E-state index is 5.73. The Bertz CT molecular complexity index is 267. The smallest absolute Gasteiger partial charge is 0.0716 e. The predicted molar refractivity (Wildman–Crippen MR) is 72.9 cm³/mol. The number of rotatable bonds is 5. The van der Waals surface area contributed by atoms with E-state index in [1.165, 1.54) is 32.1 Å². The van der Waals surface area contributed by atoms with E-state index in [-0.39, 0.29) is 0 Å². The molecule has 1 N–H and O–H groups in total. The molecule has 0 radical (unpaired) electrons. The maximum Gasteiger partial charge on any atom is 0.0716 e. The van der Waals surface area contributed by atoms with Crippen molar-refractivity contribution < 1.29 is 0 Å². The first kappa shape index (κ1) is 12.9. The Morgan fingerprint density at radius 2 is 1.94 bits per heavy atom. The molecule has 2 nitrogen and oxygen atoms in total. The van der Waals surface area contributed by atoms with Crippen LogP contribution in [0.25, 0.3) is 0 Å². The van der Waals surface area contributed by atoms with E-state index >= 15 is 0 Å². The van der Waals surface area contributed by atoms with E-state index in [1.807, 2.05) is 0 Å². The average molecular weight is 234 g/mol. The Labute approximate surface area is 106 Å². The molecular weight excluding hydrogens is 208 g/mol. The summed E-state index contributed by atoms with van der Waals surface area (Å²) in [5, 5.41) is 3.62. The van der Waals surface area contributed by atoms with Crippen molar-refractivity contribution in [1.29, 1.82) is 0 Å². The fourth-order valence-electron chi connectivity index (χ4n) is 3.77. The van der Waals surface area contributed by atoms with Gasteiger partial charge in [0.2, 0.25) is 0 Å². The highest BCUT2D eigenvalue weighted by Gasteiger charge is 2.42. The van der Waals surface area contributed by atoms with Crippen molar-refractivity contribution in [3.05, 3.63) is 0 Å². The number of piperidine rings is 1. The van der Waals surface area contributed by atoms with Crippen LogP contribution in [-0.4, -0.2) is 35.6 Å². The molecule has 2 heterocycles. The molecular formula is C15H26N2. The summed E-state index contributed by atoms with van der Waals surface area (Å²) in [4.78, 5) is 2.66. The van der Waals surface area contributed by atoms with Gasteiger partial charge in [0, 0.05) is 18.1 Å². The molecule has 0 amide bonds. The Kier molecular flexibility index (Phi) is 4.48. The molecule has 3 atom stereocenters. The minimum absolute atomic E-state index is 0.389. The molecule has 17 heavy (non-hydrogen) atoms. The van der Waals surface area contributed by atoms with E-state index < -0.39 is 0 Å². The van der Waals surface area contributed by atoms with E-state index in [0.717, 1.165) is 31.1 Å². The van der Waals surface area contributed by atoms with Crippen molar-refractivity contribution >= 4 is 0 Å². The zero-order chi connectivity index (χ0) is 12.3. The number of nitrogens with zero attached hydrogens (tertiary/aromatic N) is 1. The Morgan fingerprint density at radius 1 is 1.29 bits per heavy atom. The monoisotopic (exact) mass is 234 g/mol. The highest BCUT2D eigenvalue weighted by Crippen LogP contribution is 2.37. The molecule has 2 heteroatoms. The number of hydrogen-bond acceptors (Lipinski definition) is 2. The van der Waals surface area contributed by atoms with Crippen LogP contribution in [0.1, 0.15) is 52.4 Å². The molecule has 2 rings (SSSR count). The van der Waals surface area contributed by atoms with E-state index in [4.69, 9.17) is 6.42 Å². The number of nitrogens with one attached hydrogen (secondary N) is 1. The lowest BCUT2D eigenvalue weighted by Gasteiger charge is -2.42. The highest BCUT2D eigenvalue weighted by molar-refractivity contribution is 5.08. The van der Waals surface area contributed by atoms with E-state index in [2.05, 4.69) is 30.0 Å². The summed E-state index contributed by atoms with van der Waals surface area (Å²) >= 11 is 0. The largest absolute Gasteiger partial charge is 0.314 e. The van der Waals surface area contributed by atoms with Gasteiger partial charge in [-0.2, -0.15) is 0 Å². The van der Waals surface area contributed by atoms with Crippen molar-refractivity contribution in [2.75, 3.05) is 6.54 Å². The quantitative estimate of drug-likeness (QED) is 0.735.